The monoisotopic (exact) mass is 266 g/mol. The third kappa shape index (κ3) is 4.46. The van der Waals surface area contributed by atoms with E-state index in [9.17, 15) is 10.1 Å². The molecule has 0 unspecified atom stereocenters. The van der Waals surface area contributed by atoms with Gasteiger partial charge in [0.05, 0.1) is 18.9 Å². The van der Waals surface area contributed by atoms with Crippen molar-refractivity contribution in [3.05, 3.63) is 28.4 Å². The highest BCUT2D eigenvalue weighted by Crippen LogP contribution is 2.11. The number of morpholine rings is 1. The summed E-state index contributed by atoms with van der Waals surface area (Å²) in [4.78, 5) is 16.1. The molecule has 7 nitrogen and oxygen atoms in total. The zero-order chi connectivity index (χ0) is 13.5. The molecule has 104 valence electrons. The number of nitrogens with one attached hydrogen (secondary N) is 1. The summed E-state index contributed by atoms with van der Waals surface area (Å²) in [6, 6.07) is 3.09. The highest BCUT2D eigenvalue weighted by molar-refractivity contribution is 5.43. The first-order valence-corrected chi connectivity index (χ1v) is 6.40. The molecule has 0 aromatic carbocycles. The van der Waals surface area contributed by atoms with Gasteiger partial charge in [0.25, 0.3) is 0 Å². The van der Waals surface area contributed by atoms with Crippen molar-refractivity contribution in [1.29, 1.82) is 0 Å². The number of hydrogen-bond acceptors (Lipinski definition) is 6. The quantitative estimate of drug-likeness (QED) is 0.472. The smallest absolute Gasteiger partial charge is 0.363 e. The Morgan fingerprint density at radius 1 is 1.42 bits per heavy atom. The maximum Gasteiger partial charge on any atom is 0.363 e. The molecular weight excluding hydrogens is 248 g/mol. The van der Waals surface area contributed by atoms with E-state index >= 15 is 0 Å². The molecule has 1 aliphatic rings. The fraction of sp³-hybridized carbons (Fsp3) is 0.583. The van der Waals surface area contributed by atoms with Gasteiger partial charge in [-0.1, -0.05) is 0 Å². The molecule has 1 N–H and O–H groups in total. The van der Waals surface area contributed by atoms with E-state index in [4.69, 9.17) is 4.74 Å². The molecule has 2 rings (SSSR count). The first kappa shape index (κ1) is 13.7. The summed E-state index contributed by atoms with van der Waals surface area (Å²) >= 11 is 0. The van der Waals surface area contributed by atoms with E-state index in [1.165, 1.54) is 12.3 Å². The van der Waals surface area contributed by atoms with Gasteiger partial charge in [0.2, 0.25) is 0 Å². The van der Waals surface area contributed by atoms with Crippen LogP contribution in [0.2, 0.25) is 0 Å². The molecule has 19 heavy (non-hydrogen) atoms. The minimum Gasteiger partial charge on any atom is -0.382 e. The van der Waals surface area contributed by atoms with E-state index in [0.717, 1.165) is 51.5 Å². The van der Waals surface area contributed by atoms with Crippen LogP contribution < -0.4 is 5.32 Å². The highest BCUT2D eigenvalue weighted by Gasteiger charge is 2.09. The van der Waals surface area contributed by atoms with E-state index in [0.29, 0.717) is 0 Å². The van der Waals surface area contributed by atoms with Crippen LogP contribution in [0, 0.1) is 10.1 Å². The number of pyridine rings is 1. The van der Waals surface area contributed by atoms with E-state index in [1.807, 2.05) is 0 Å². The molecule has 0 aliphatic carbocycles. The molecule has 2 heterocycles. The van der Waals surface area contributed by atoms with Gasteiger partial charge in [-0.3, -0.25) is 4.90 Å². The summed E-state index contributed by atoms with van der Waals surface area (Å²) in [5.74, 6) is -0.126. The predicted octanol–water partition coefficient (Wildman–Crippen LogP) is 1.12. The molecule has 0 spiro atoms. The van der Waals surface area contributed by atoms with Crippen LogP contribution in [-0.2, 0) is 4.74 Å². The van der Waals surface area contributed by atoms with Gasteiger partial charge >= 0.3 is 5.82 Å². The van der Waals surface area contributed by atoms with Crippen molar-refractivity contribution in [2.45, 2.75) is 6.42 Å². The fourth-order valence-electron chi connectivity index (χ4n) is 1.96. The topological polar surface area (TPSA) is 80.5 Å². The number of nitrogens with zero attached hydrogens (tertiary/aromatic N) is 3. The van der Waals surface area contributed by atoms with E-state index in [1.54, 1.807) is 6.07 Å². The number of ether oxygens (including phenoxy) is 1. The Hall–Kier alpha value is -1.73. The van der Waals surface area contributed by atoms with Crippen LogP contribution in [0.15, 0.2) is 18.3 Å². The van der Waals surface area contributed by atoms with E-state index in [2.05, 4.69) is 15.2 Å². The maximum absolute atomic E-state index is 10.5. The Bertz CT molecular complexity index is 404. The third-order valence-electron chi connectivity index (χ3n) is 3.02. The van der Waals surface area contributed by atoms with Crippen molar-refractivity contribution in [1.82, 2.24) is 9.88 Å². The zero-order valence-corrected chi connectivity index (χ0v) is 10.7. The van der Waals surface area contributed by atoms with E-state index in [-0.39, 0.29) is 5.82 Å². The lowest BCUT2D eigenvalue weighted by molar-refractivity contribution is -0.389. The SMILES string of the molecule is O=[N+]([O-])c1ccc(NCCCN2CCOCC2)cn1. The Morgan fingerprint density at radius 3 is 2.84 bits per heavy atom. The minimum absolute atomic E-state index is 0.126. The lowest BCUT2D eigenvalue weighted by atomic mass is 10.3. The molecule has 1 fully saturated rings. The maximum atomic E-state index is 10.5. The number of hydrogen-bond donors (Lipinski definition) is 1. The van der Waals surface area contributed by atoms with Gasteiger partial charge in [-0.15, -0.1) is 0 Å². The molecule has 1 aromatic rings. The molecule has 0 amide bonds. The van der Waals surface area contributed by atoms with Crippen LogP contribution >= 0.6 is 0 Å². The summed E-state index contributed by atoms with van der Waals surface area (Å²) in [5, 5.41) is 13.7. The molecule has 0 bridgehead atoms. The molecule has 0 radical (unpaired) electrons. The number of nitro groups is 1. The van der Waals surface area contributed by atoms with Gasteiger partial charge < -0.3 is 20.2 Å². The molecule has 1 aliphatic heterocycles. The van der Waals surface area contributed by atoms with Gasteiger partial charge in [-0.2, -0.15) is 0 Å². The average molecular weight is 266 g/mol. The summed E-state index contributed by atoms with van der Waals surface area (Å²) in [6.07, 6.45) is 2.52. The number of aromatic nitrogens is 1. The van der Waals surface area contributed by atoms with Crippen LogP contribution in [0.1, 0.15) is 6.42 Å². The summed E-state index contributed by atoms with van der Waals surface area (Å²) < 4.78 is 5.29. The zero-order valence-electron chi connectivity index (χ0n) is 10.7. The van der Waals surface area contributed by atoms with E-state index < -0.39 is 4.92 Å². The van der Waals surface area contributed by atoms with Crippen LogP contribution in [0.3, 0.4) is 0 Å². The summed E-state index contributed by atoms with van der Waals surface area (Å²) in [5.41, 5.74) is 0.813. The largest absolute Gasteiger partial charge is 0.382 e. The van der Waals surface area contributed by atoms with Crippen molar-refractivity contribution in [2.75, 3.05) is 44.7 Å². The second kappa shape index (κ2) is 7.01. The molecule has 1 aromatic heterocycles. The Morgan fingerprint density at radius 2 is 2.21 bits per heavy atom. The Balaban J connectivity index is 1.66. The summed E-state index contributed by atoms with van der Waals surface area (Å²) in [7, 11) is 0. The lowest BCUT2D eigenvalue weighted by Gasteiger charge is -2.26. The fourth-order valence-corrected chi connectivity index (χ4v) is 1.96. The van der Waals surface area contributed by atoms with Crippen molar-refractivity contribution in [2.24, 2.45) is 0 Å². The first-order chi connectivity index (χ1) is 9.25. The second-order valence-corrected chi connectivity index (χ2v) is 4.40. The standard InChI is InChI=1S/C12H18N4O3/c17-16(18)12-3-2-11(10-14-12)13-4-1-5-15-6-8-19-9-7-15/h2-3,10,13H,1,4-9H2. The average Bonchev–Trinajstić information content (AvgIpc) is 2.45. The van der Waals surface area contributed by atoms with Gasteiger partial charge in [0, 0.05) is 25.7 Å². The van der Waals surface area contributed by atoms with Gasteiger partial charge in [0.1, 0.15) is 0 Å². The van der Waals surface area contributed by atoms with Crippen molar-refractivity contribution in [3.8, 4) is 0 Å². The van der Waals surface area contributed by atoms with Crippen molar-refractivity contribution >= 4 is 11.5 Å². The van der Waals surface area contributed by atoms with Gasteiger partial charge in [-0.05, 0) is 28.9 Å². The van der Waals surface area contributed by atoms with Crippen LogP contribution in [-0.4, -0.2) is 54.2 Å². The van der Waals surface area contributed by atoms with Crippen LogP contribution in [0.25, 0.3) is 0 Å². The second-order valence-electron chi connectivity index (χ2n) is 4.40. The van der Waals surface area contributed by atoms with Gasteiger partial charge in [0.15, 0.2) is 6.20 Å². The molecular formula is C12H18N4O3. The summed E-state index contributed by atoms with van der Waals surface area (Å²) in [6.45, 7) is 5.51. The van der Waals surface area contributed by atoms with Crippen molar-refractivity contribution in [3.63, 3.8) is 0 Å². The van der Waals surface area contributed by atoms with Crippen LogP contribution in [0.4, 0.5) is 11.5 Å². The normalized spacial score (nSPS) is 16.2. The molecule has 0 saturated carbocycles. The van der Waals surface area contributed by atoms with Crippen molar-refractivity contribution < 1.29 is 9.66 Å². The predicted molar refractivity (Wildman–Crippen MR) is 71.3 cm³/mol. The highest BCUT2D eigenvalue weighted by atomic mass is 16.6. The lowest BCUT2D eigenvalue weighted by Crippen LogP contribution is -2.37. The molecule has 1 saturated heterocycles. The van der Waals surface area contributed by atoms with Gasteiger partial charge in [-0.25, -0.2) is 0 Å². The first-order valence-electron chi connectivity index (χ1n) is 6.40. The van der Waals surface area contributed by atoms with Crippen LogP contribution in [0.5, 0.6) is 0 Å². The Kier molecular flexibility index (Phi) is 5.05. The third-order valence-corrected chi connectivity index (χ3v) is 3.02. The minimum atomic E-state index is -0.498. The molecule has 0 atom stereocenters. The Labute approximate surface area is 111 Å². The number of anilines is 1. The molecule has 7 heteroatoms. The number of rotatable bonds is 6.